The van der Waals surface area contributed by atoms with Crippen LogP contribution in [0, 0.1) is 18.8 Å². The molecule has 7 aromatic rings. The molecule has 2 atom stereocenters. The van der Waals surface area contributed by atoms with Gasteiger partial charge < -0.3 is 9.80 Å². The standard InChI is InChI=1S/C75H109N2O2S6Si2/c1-22-24-26-28-30-51(17)42-76-69(64-40-62-59(82-64)38-57(80-62)44(3)4)67-68(74(76)79)70(77(73(67)78)43-52(18)31-29-27-25-23-2)65-41-63-61(83-65)39-60(81-63)58-36-55-53(32-34-86(45(5)6,46(7)8)47(9)10)72-56(37-66(85-72)75(19,20)21)54(71(55)84-58)33-35-87(48(11)12,49(13)14)50(15)16/h36-41,44-52H,18,22-35,42-43H2,1-17,19-21H3/q+1. The van der Waals surface area contributed by atoms with Crippen molar-refractivity contribution in [2.75, 3.05) is 13.1 Å². The summed E-state index contributed by atoms with van der Waals surface area (Å²) >= 11 is 11.5. The molecule has 87 heavy (non-hydrogen) atoms. The van der Waals surface area contributed by atoms with Crippen LogP contribution in [0.4, 0.5) is 0 Å². The van der Waals surface area contributed by atoms with Crippen LogP contribution in [0.15, 0.2) is 47.5 Å². The maximum atomic E-state index is 15.7. The molecule has 2 unspecified atom stereocenters. The van der Waals surface area contributed by atoms with Crippen molar-refractivity contribution in [1.82, 2.24) is 9.80 Å². The zero-order valence-electron chi connectivity index (χ0n) is 57.3. The summed E-state index contributed by atoms with van der Waals surface area (Å²) in [7, 11) is -3.45. The monoisotopic (exact) mass is 1320 g/mol. The Kier molecular flexibility index (Phi) is 21.9. The normalized spacial score (nSPS) is 15.8. The maximum Gasteiger partial charge on any atom is 0.261 e. The van der Waals surface area contributed by atoms with Gasteiger partial charge in [-0.25, -0.2) is 0 Å². The fourth-order valence-electron chi connectivity index (χ4n) is 16.4. The van der Waals surface area contributed by atoms with Gasteiger partial charge in [-0.1, -0.05) is 229 Å². The van der Waals surface area contributed by atoms with Crippen molar-refractivity contribution in [2.45, 2.75) is 272 Å². The van der Waals surface area contributed by atoms with Gasteiger partial charge in [0, 0.05) is 54.3 Å². The van der Waals surface area contributed by atoms with E-state index in [1.165, 1.54) is 104 Å². The van der Waals surface area contributed by atoms with E-state index >= 15 is 9.59 Å². The van der Waals surface area contributed by atoms with Gasteiger partial charge in [-0.3, -0.25) is 9.59 Å². The van der Waals surface area contributed by atoms with Gasteiger partial charge in [-0.15, -0.1) is 68.0 Å². The number of hydrogen-bond donors (Lipinski definition) is 0. The van der Waals surface area contributed by atoms with Crippen molar-refractivity contribution in [3.8, 4) is 9.75 Å². The molecule has 0 bridgehead atoms. The summed E-state index contributed by atoms with van der Waals surface area (Å²) in [6.07, 6.45) is 13.8. The van der Waals surface area contributed by atoms with E-state index in [4.69, 9.17) is 6.92 Å². The molecule has 474 valence electrons. The molecule has 12 heteroatoms. The largest absolute Gasteiger partial charge is 0.306 e. The molecule has 0 N–H and O–H groups in total. The minimum absolute atomic E-state index is 0.0107. The Morgan fingerprint density at radius 2 is 0.885 bits per heavy atom. The number of carbonyl (C=O) groups is 2. The number of carbonyl (C=O) groups excluding carboxylic acids is 2. The van der Waals surface area contributed by atoms with Crippen molar-refractivity contribution >= 4 is 146 Å². The average molecular weight is 1320 g/mol. The van der Waals surface area contributed by atoms with E-state index in [0.717, 1.165) is 59.7 Å². The van der Waals surface area contributed by atoms with Gasteiger partial charge in [0.15, 0.2) is 0 Å². The highest BCUT2D eigenvalue weighted by Gasteiger charge is 2.51. The molecule has 1 aromatic carbocycles. The van der Waals surface area contributed by atoms with Gasteiger partial charge in [-0.05, 0) is 108 Å². The molecule has 0 saturated heterocycles. The molecular weight excluding hydrogens is 1210 g/mol. The van der Waals surface area contributed by atoms with Crippen LogP contribution >= 0.6 is 68.0 Å². The first-order chi connectivity index (χ1) is 41.1. The molecule has 0 saturated carbocycles. The van der Waals surface area contributed by atoms with E-state index in [2.05, 4.69) is 198 Å². The van der Waals surface area contributed by atoms with Gasteiger partial charge in [-0.2, -0.15) is 0 Å². The number of amides is 2. The minimum Gasteiger partial charge on any atom is -0.306 e. The van der Waals surface area contributed by atoms with Crippen molar-refractivity contribution in [2.24, 2.45) is 11.8 Å². The Morgan fingerprint density at radius 3 is 1.34 bits per heavy atom. The van der Waals surface area contributed by atoms with E-state index in [0.29, 0.717) is 69.3 Å². The van der Waals surface area contributed by atoms with Crippen molar-refractivity contribution in [3.63, 3.8) is 0 Å². The van der Waals surface area contributed by atoms with Gasteiger partial charge >= 0.3 is 0 Å². The number of aryl methyl sites for hydroxylation is 2. The lowest BCUT2D eigenvalue weighted by Gasteiger charge is -2.44. The van der Waals surface area contributed by atoms with Crippen LogP contribution in [0.5, 0.6) is 0 Å². The number of nitrogens with zero attached hydrogens (tertiary/aromatic N) is 2. The second kappa shape index (κ2) is 27.8. The van der Waals surface area contributed by atoms with E-state index < -0.39 is 16.1 Å². The third-order valence-electron chi connectivity index (χ3n) is 21.3. The number of benzene rings is 1. The van der Waals surface area contributed by atoms with Crippen molar-refractivity contribution < 1.29 is 9.59 Å². The van der Waals surface area contributed by atoms with Crippen molar-refractivity contribution in [1.29, 1.82) is 0 Å². The molecular formula is C75H109N2O2S6Si2+. The Bertz CT molecular complexity index is 3430. The number of unbranched alkanes of at least 4 members (excludes halogenated alkanes) is 6. The third-order valence-corrected chi connectivity index (χ3v) is 44.4. The highest BCUT2D eigenvalue weighted by Crippen LogP contribution is 2.56. The number of rotatable bonds is 30. The first-order valence-electron chi connectivity index (χ1n) is 34.1. The second-order valence-electron chi connectivity index (χ2n) is 30.1. The molecule has 2 amide bonds. The van der Waals surface area contributed by atoms with Crippen molar-refractivity contribution in [3.05, 3.63) is 85.1 Å². The Balaban J connectivity index is 1.20. The molecule has 0 fully saturated rings. The second-order valence-corrected chi connectivity index (χ2v) is 49.0. The summed E-state index contributed by atoms with van der Waals surface area (Å²) in [5.41, 5.74) is 10.4. The van der Waals surface area contributed by atoms with Crippen LogP contribution in [-0.4, -0.2) is 50.9 Å². The zero-order chi connectivity index (χ0) is 63.4. The first-order valence-corrected chi connectivity index (χ1v) is 43.9. The van der Waals surface area contributed by atoms with Crippen LogP contribution in [0.1, 0.15) is 239 Å². The average Bonchev–Trinajstić information content (AvgIpc) is 1.57. The summed E-state index contributed by atoms with van der Waals surface area (Å²) in [6, 6.07) is 17.3. The molecule has 6 aromatic heterocycles. The van der Waals surface area contributed by atoms with Crippen LogP contribution in [0.3, 0.4) is 0 Å². The highest BCUT2D eigenvalue weighted by atomic mass is 32.1. The Hall–Kier alpha value is -2.82. The highest BCUT2D eigenvalue weighted by molar-refractivity contribution is 7.32. The van der Waals surface area contributed by atoms with E-state index in [9.17, 15) is 0 Å². The smallest absolute Gasteiger partial charge is 0.261 e. The predicted molar refractivity (Wildman–Crippen MR) is 400 cm³/mol. The minimum atomic E-state index is -1.72. The van der Waals surface area contributed by atoms with Crippen LogP contribution in [0.2, 0.25) is 45.3 Å². The molecule has 9 rings (SSSR count). The summed E-state index contributed by atoms with van der Waals surface area (Å²) < 4.78 is 8.03. The summed E-state index contributed by atoms with van der Waals surface area (Å²) in [5.74, 6) is 0.750. The summed E-state index contributed by atoms with van der Waals surface area (Å²) in [6.45, 7) is 54.9. The summed E-state index contributed by atoms with van der Waals surface area (Å²) in [4.78, 5) is 43.1. The molecule has 0 aliphatic carbocycles. The lowest BCUT2D eigenvalue weighted by molar-refractivity contribution is -0.124. The third kappa shape index (κ3) is 13.3. The van der Waals surface area contributed by atoms with Gasteiger partial charge in [0.1, 0.15) is 5.92 Å². The van der Waals surface area contributed by atoms with Crippen LogP contribution in [-0.2, 0) is 27.8 Å². The molecule has 2 aliphatic heterocycles. The van der Waals surface area contributed by atoms with Gasteiger partial charge in [0.2, 0.25) is 0 Å². The summed E-state index contributed by atoms with van der Waals surface area (Å²) in [5, 5.41) is 3.04. The molecule has 8 heterocycles. The predicted octanol–water partition coefficient (Wildman–Crippen LogP) is 26.0. The van der Waals surface area contributed by atoms with E-state index in [-0.39, 0.29) is 23.1 Å². The SMILES string of the molecule is [CH2+]C(CCCCCC)CN1C(=O)C2=C(c3cc4sc(C(C)C)cc4s3)N(CC(C)CCCCCC)C(=O)C2=C1c1cc2sc(-c3cc4c(CC[Si](C(C)C)(C(C)C)C(C)C)c5sc(C(C)(C)C)cc5c(CC[Si](C(C)C)(C(C)C)C(C)C)c4s3)cc2s1. The van der Waals surface area contributed by atoms with E-state index in [1.54, 1.807) is 38.5 Å². The van der Waals surface area contributed by atoms with E-state index in [1.807, 2.05) is 32.5 Å². The van der Waals surface area contributed by atoms with Crippen LogP contribution < -0.4 is 0 Å². The number of hydrogen-bond acceptors (Lipinski definition) is 8. The fourth-order valence-corrected chi connectivity index (χ4v) is 36.9. The maximum absolute atomic E-state index is 15.7. The van der Waals surface area contributed by atoms with Crippen LogP contribution in [0.25, 0.3) is 60.1 Å². The Morgan fingerprint density at radius 1 is 0.471 bits per heavy atom. The first kappa shape index (κ1) is 68.5. The molecule has 0 spiro atoms. The topological polar surface area (TPSA) is 40.6 Å². The number of fused-ring (bicyclic) bond motifs is 5. The van der Waals surface area contributed by atoms with Gasteiger partial charge in [0.25, 0.3) is 11.8 Å². The molecule has 0 radical (unpaired) electrons. The Labute approximate surface area is 553 Å². The molecule has 2 aliphatic rings. The zero-order valence-corrected chi connectivity index (χ0v) is 64.2. The lowest BCUT2D eigenvalue weighted by Crippen LogP contribution is -2.44. The lowest BCUT2D eigenvalue weighted by atomic mass is 9.93. The fraction of sp³-hybridized carbons (Fsp3) is 0.613. The van der Waals surface area contributed by atoms with Gasteiger partial charge in [0.05, 0.1) is 61.9 Å². The quantitative estimate of drug-likeness (QED) is 0.0256. The number of thiophene rings is 6. The molecule has 4 nitrogen and oxygen atoms in total.